The van der Waals surface area contributed by atoms with E-state index in [1.807, 2.05) is 54.4 Å². The molecular formula is C52H60N10O5. The van der Waals surface area contributed by atoms with Gasteiger partial charge in [0.25, 0.3) is 5.91 Å². The number of anilines is 1. The Hall–Kier alpha value is -6.79. The number of aldehydes is 1. The van der Waals surface area contributed by atoms with Crippen molar-refractivity contribution in [2.75, 3.05) is 57.8 Å². The van der Waals surface area contributed by atoms with E-state index < -0.39 is 11.6 Å². The highest BCUT2D eigenvalue weighted by atomic mass is 16.5. The quantitative estimate of drug-likeness (QED) is 0.120. The van der Waals surface area contributed by atoms with Crippen LogP contribution in [0, 0.1) is 11.3 Å². The number of hydrogen-bond acceptors (Lipinski definition) is 10. The van der Waals surface area contributed by atoms with Gasteiger partial charge in [0.05, 0.1) is 36.1 Å². The number of hydrogen-bond donors (Lipinski definition) is 2. The first-order valence-corrected chi connectivity index (χ1v) is 23.9. The molecule has 3 aromatic heterocycles. The van der Waals surface area contributed by atoms with Gasteiger partial charge in [-0.05, 0) is 118 Å². The summed E-state index contributed by atoms with van der Waals surface area (Å²) in [6.07, 6.45) is 12.7. The van der Waals surface area contributed by atoms with E-state index >= 15 is 0 Å². The van der Waals surface area contributed by atoms with E-state index in [4.69, 9.17) is 9.72 Å². The summed E-state index contributed by atoms with van der Waals surface area (Å²) in [5, 5.41) is 20.4. The molecule has 0 saturated carbocycles. The zero-order valence-corrected chi connectivity index (χ0v) is 38.5. The Morgan fingerprint density at radius 1 is 0.955 bits per heavy atom. The van der Waals surface area contributed by atoms with Gasteiger partial charge in [0.2, 0.25) is 5.91 Å². The van der Waals surface area contributed by atoms with Crippen LogP contribution < -0.4 is 20.3 Å². The predicted molar refractivity (Wildman–Crippen MR) is 255 cm³/mol. The van der Waals surface area contributed by atoms with Crippen LogP contribution in [0.3, 0.4) is 0 Å². The van der Waals surface area contributed by atoms with Crippen LogP contribution in [-0.2, 0) is 22.6 Å². The van der Waals surface area contributed by atoms with Crippen LogP contribution in [0.25, 0.3) is 16.6 Å². The molecule has 4 aliphatic heterocycles. The first-order valence-electron chi connectivity index (χ1n) is 23.9. The molecule has 67 heavy (non-hydrogen) atoms. The molecule has 0 aliphatic carbocycles. The van der Waals surface area contributed by atoms with Crippen LogP contribution in [0.1, 0.15) is 96.8 Å². The molecule has 1 unspecified atom stereocenters. The molecule has 0 radical (unpaired) electrons. The van der Waals surface area contributed by atoms with Gasteiger partial charge in [0.15, 0.2) is 0 Å². The zero-order valence-electron chi connectivity index (χ0n) is 38.5. The topological polar surface area (TPSA) is 169 Å². The van der Waals surface area contributed by atoms with Gasteiger partial charge in [-0.1, -0.05) is 42.5 Å². The van der Waals surface area contributed by atoms with Crippen LogP contribution in [0.15, 0.2) is 85.3 Å². The van der Waals surface area contributed by atoms with E-state index in [9.17, 15) is 24.4 Å². The SMILES string of the molecule is CCOc1cc(-c2ccc(N3CCC(Cc4ccccc4)(NC(=O)N4CCC(N5CCC(c6ccc7c(c6)C(=O)N(C(C=O)CCC(=O)NC)C7)CC5)CC4)CC3)nc2)c2c(C#N)cnn2c1. The lowest BCUT2D eigenvalue weighted by Crippen LogP contribution is -2.60. The van der Waals surface area contributed by atoms with Crippen molar-refractivity contribution in [3.05, 3.63) is 113 Å². The fourth-order valence-electron chi connectivity index (χ4n) is 10.8. The molecule has 0 spiro atoms. The summed E-state index contributed by atoms with van der Waals surface area (Å²) in [6.45, 7) is 7.68. The van der Waals surface area contributed by atoms with E-state index in [0.717, 1.165) is 105 Å². The molecule has 3 fully saturated rings. The van der Waals surface area contributed by atoms with Crippen molar-refractivity contribution in [1.29, 1.82) is 5.26 Å². The van der Waals surface area contributed by atoms with Crippen molar-refractivity contribution in [3.63, 3.8) is 0 Å². The number of nitrogens with zero attached hydrogens (tertiary/aromatic N) is 8. The van der Waals surface area contributed by atoms with E-state index in [1.165, 1.54) is 11.1 Å². The van der Waals surface area contributed by atoms with Crippen molar-refractivity contribution in [2.24, 2.45) is 0 Å². The highest BCUT2D eigenvalue weighted by molar-refractivity contribution is 6.00. The van der Waals surface area contributed by atoms with Gasteiger partial charge in [-0.15, -0.1) is 0 Å². The Bertz CT molecular complexity index is 2620. The maximum Gasteiger partial charge on any atom is 0.317 e. The lowest BCUT2D eigenvalue weighted by molar-refractivity contribution is -0.121. The fraction of sp³-hybridized carbons (Fsp3) is 0.442. The Morgan fingerprint density at radius 2 is 1.73 bits per heavy atom. The number of likely N-dealkylation sites (tertiary alicyclic amines) is 2. The molecule has 9 rings (SSSR count). The van der Waals surface area contributed by atoms with E-state index in [0.29, 0.717) is 61.5 Å². The summed E-state index contributed by atoms with van der Waals surface area (Å²) < 4.78 is 7.50. The average Bonchev–Trinajstić information content (AvgIpc) is 3.94. The molecule has 15 nitrogen and oxygen atoms in total. The number of amides is 4. The minimum atomic E-state index is -0.626. The summed E-state index contributed by atoms with van der Waals surface area (Å²) in [5.41, 5.74) is 6.48. The van der Waals surface area contributed by atoms with E-state index in [2.05, 4.69) is 61.9 Å². The number of urea groups is 1. The molecule has 5 aromatic rings. The van der Waals surface area contributed by atoms with Gasteiger partial charge >= 0.3 is 6.03 Å². The number of pyridine rings is 2. The minimum absolute atomic E-state index is 0.0110. The largest absolute Gasteiger partial charge is 0.492 e. The van der Waals surface area contributed by atoms with Crippen LogP contribution >= 0.6 is 0 Å². The van der Waals surface area contributed by atoms with Gasteiger partial charge in [0, 0.05) is 80.7 Å². The molecule has 4 aliphatic rings. The van der Waals surface area contributed by atoms with Crippen molar-refractivity contribution in [2.45, 2.75) is 94.8 Å². The maximum absolute atomic E-state index is 14.2. The lowest BCUT2D eigenvalue weighted by atomic mass is 9.81. The second-order valence-corrected chi connectivity index (χ2v) is 18.5. The van der Waals surface area contributed by atoms with Crippen molar-refractivity contribution in [3.8, 4) is 22.9 Å². The predicted octanol–water partition coefficient (Wildman–Crippen LogP) is 6.35. The number of nitriles is 1. The van der Waals surface area contributed by atoms with Crippen LogP contribution in [0.5, 0.6) is 5.75 Å². The Labute approximate surface area is 392 Å². The third-order valence-electron chi connectivity index (χ3n) is 14.6. The zero-order chi connectivity index (χ0) is 46.5. The third-order valence-corrected chi connectivity index (χ3v) is 14.6. The van der Waals surface area contributed by atoms with Gasteiger partial charge in [0.1, 0.15) is 23.9 Å². The van der Waals surface area contributed by atoms with Crippen LogP contribution in [0.2, 0.25) is 0 Å². The molecule has 15 heteroatoms. The highest BCUT2D eigenvalue weighted by Gasteiger charge is 2.39. The number of carbonyl (C=O) groups excluding carboxylic acids is 4. The van der Waals surface area contributed by atoms with Gasteiger partial charge in [-0.3, -0.25) is 9.59 Å². The number of rotatable bonds is 14. The Morgan fingerprint density at radius 3 is 2.42 bits per heavy atom. The monoisotopic (exact) mass is 904 g/mol. The second-order valence-electron chi connectivity index (χ2n) is 18.5. The second kappa shape index (κ2) is 20.0. The molecule has 7 heterocycles. The third kappa shape index (κ3) is 9.72. The number of benzene rings is 2. The Kier molecular flexibility index (Phi) is 13.5. The molecular weight excluding hydrogens is 845 g/mol. The molecule has 1 atom stereocenters. The number of fused-ring (bicyclic) bond motifs is 2. The van der Waals surface area contributed by atoms with Crippen molar-refractivity contribution < 1.29 is 23.9 Å². The number of ether oxygens (including phenoxy) is 1. The summed E-state index contributed by atoms with van der Waals surface area (Å²) in [5.74, 6) is 1.61. The van der Waals surface area contributed by atoms with Crippen LogP contribution in [-0.4, -0.2) is 124 Å². The van der Waals surface area contributed by atoms with Gasteiger partial charge in [-0.25, -0.2) is 14.3 Å². The molecule has 2 aromatic carbocycles. The molecule has 3 saturated heterocycles. The van der Waals surface area contributed by atoms with Crippen molar-refractivity contribution in [1.82, 2.24) is 39.9 Å². The maximum atomic E-state index is 14.2. The first-order chi connectivity index (χ1) is 32.7. The van der Waals surface area contributed by atoms with Crippen molar-refractivity contribution >= 4 is 35.5 Å². The standard InChI is InChI=1S/C52H60N10O5/c1-3-67-44-28-45(49-41(30-53)32-56-62(49)34-44)39-11-13-47(55-31-39)59-25-19-52(20-26-59,29-36-7-5-4-6-8-36)57-51(66)60-23-17-42(18-24-60)58-21-15-37(16-22-58)38-9-10-40-33-61(50(65)46(40)27-38)43(35-63)12-14-48(64)54-2/h4-11,13,27-28,31-32,34-35,37,42-43H,3,12,14-26,29,33H2,1-2H3,(H,54,64)(H,57,66). The van der Waals surface area contributed by atoms with E-state index in [1.54, 1.807) is 28.9 Å². The summed E-state index contributed by atoms with van der Waals surface area (Å²) >= 11 is 0. The lowest BCUT2D eigenvalue weighted by Gasteiger charge is -2.45. The van der Waals surface area contributed by atoms with Gasteiger partial charge in [-0.2, -0.15) is 10.4 Å². The minimum Gasteiger partial charge on any atom is -0.492 e. The summed E-state index contributed by atoms with van der Waals surface area (Å²) in [7, 11) is 1.57. The molecule has 348 valence electrons. The molecule has 4 amide bonds. The number of carbonyl (C=O) groups is 4. The highest BCUT2D eigenvalue weighted by Crippen LogP contribution is 2.36. The van der Waals surface area contributed by atoms with Gasteiger partial charge < -0.3 is 39.8 Å². The Balaban J connectivity index is 0.789. The molecule has 0 bridgehead atoms. The molecule has 2 N–H and O–H groups in total. The summed E-state index contributed by atoms with van der Waals surface area (Å²) in [4.78, 5) is 64.8. The number of aromatic nitrogens is 3. The number of piperidine rings is 3. The van der Waals surface area contributed by atoms with Crippen LogP contribution in [0.4, 0.5) is 10.6 Å². The summed E-state index contributed by atoms with van der Waals surface area (Å²) in [6, 6.07) is 24.7. The van der Waals surface area contributed by atoms with E-state index in [-0.39, 0.29) is 24.3 Å². The normalized spacial score (nSPS) is 18.3. The number of nitrogens with one attached hydrogen (secondary N) is 2. The average molecular weight is 905 g/mol. The fourth-order valence-corrected chi connectivity index (χ4v) is 10.8. The smallest absolute Gasteiger partial charge is 0.317 e. The first kappa shape index (κ1) is 45.4.